The highest BCUT2D eigenvalue weighted by atomic mass is 19.4. The van der Waals surface area contributed by atoms with E-state index in [4.69, 9.17) is 10.5 Å². The molecule has 0 fully saturated rings. The maximum Gasteiger partial charge on any atom is 0.416 e. The Labute approximate surface area is 121 Å². The summed E-state index contributed by atoms with van der Waals surface area (Å²) < 4.78 is 57.1. The number of phenols is 1. The van der Waals surface area contributed by atoms with Gasteiger partial charge in [0.1, 0.15) is 17.3 Å². The Hall–Kier alpha value is -2.42. The molecule has 0 spiro atoms. The minimum absolute atomic E-state index is 0.0598. The van der Waals surface area contributed by atoms with E-state index in [2.05, 4.69) is 10.2 Å². The second-order valence-electron chi connectivity index (χ2n) is 4.73. The third kappa shape index (κ3) is 2.23. The molecule has 0 amide bonds. The van der Waals surface area contributed by atoms with Crippen molar-refractivity contribution in [1.29, 1.82) is 0 Å². The Kier molecular flexibility index (Phi) is 3.17. The third-order valence-corrected chi connectivity index (χ3v) is 3.34. The van der Waals surface area contributed by atoms with Gasteiger partial charge >= 0.3 is 6.18 Å². The standard InChI is InChI=1S/C13H9F4N3O2/c14-8-1-5(13(15,16)17)2-9(21)10(8)11-6-3-22-4-7(6)12(18)20-19-11/h1-2,21H,3-4H2,(H2,18,20). The number of nitrogens with two attached hydrogens (primary N) is 1. The fourth-order valence-electron chi connectivity index (χ4n) is 2.28. The van der Waals surface area contributed by atoms with Crippen molar-refractivity contribution in [2.75, 3.05) is 5.73 Å². The summed E-state index contributed by atoms with van der Waals surface area (Å²) in [6.07, 6.45) is -4.77. The highest BCUT2D eigenvalue weighted by Gasteiger charge is 2.34. The van der Waals surface area contributed by atoms with Gasteiger partial charge in [-0.15, -0.1) is 10.2 Å². The van der Waals surface area contributed by atoms with E-state index in [9.17, 15) is 22.7 Å². The predicted octanol–water partition coefficient (Wildman–Crippen LogP) is 2.62. The molecule has 1 aliphatic rings. The number of aromatic nitrogens is 2. The molecular weight excluding hydrogens is 306 g/mol. The van der Waals surface area contributed by atoms with Crippen LogP contribution in [0.1, 0.15) is 16.7 Å². The summed E-state index contributed by atoms with van der Waals surface area (Å²) in [6, 6.07) is 0.744. The molecule has 3 rings (SSSR count). The predicted molar refractivity (Wildman–Crippen MR) is 67.0 cm³/mol. The van der Waals surface area contributed by atoms with Crippen molar-refractivity contribution < 1.29 is 27.4 Å². The van der Waals surface area contributed by atoms with E-state index in [1.54, 1.807) is 0 Å². The van der Waals surface area contributed by atoms with Crippen molar-refractivity contribution in [2.24, 2.45) is 0 Å². The summed E-state index contributed by atoms with van der Waals surface area (Å²) in [4.78, 5) is 0. The highest BCUT2D eigenvalue weighted by Crippen LogP contribution is 2.40. The summed E-state index contributed by atoms with van der Waals surface area (Å²) in [6.45, 7) is 0.205. The first-order valence-electron chi connectivity index (χ1n) is 6.10. The van der Waals surface area contributed by atoms with E-state index in [1.807, 2.05) is 0 Å². The molecule has 1 aromatic carbocycles. The topological polar surface area (TPSA) is 81.3 Å². The molecule has 5 nitrogen and oxygen atoms in total. The van der Waals surface area contributed by atoms with Gasteiger partial charge in [-0.25, -0.2) is 4.39 Å². The molecule has 3 N–H and O–H groups in total. The lowest BCUT2D eigenvalue weighted by Crippen LogP contribution is -2.07. The number of alkyl halides is 3. The van der Waals surface area contributed by atoms with Crippen molar-refractivity contribution in [1.82, 2.24) is 10.2 Å². The average molecular weight is 315 g/mol. The molecule has 0 saturated heterocycles. The van der Waals surface area contributed by atoms with Crippen LogP contribution in [0.25, 0.3) is 11.3 Å². The van der Waals surface area contributed by atoms with Gasteiger partial charge in [0.05, 0.1) is 24.3 Å². The number of anilines is 1. The van der Waals surface area contributed by atoms with Gasteiger partial charge in [-0.05, 0) is 12.1 Å². The molecule has 0 aliphatic carbocycles. The summed E-state index contributed by atoms with van der Waals surface area (Å²) in [5, 5.41) is 17.1. The molecular formula is C13H9F4N3O2. The smallest absolute Gasteiger partial charge is 0.416 e. The van der Waals surface area contributed by atoms with Crippen molar-refractivity contribution >= 4 is 5.82 Å². The number of aromatic hydroxyl groups is 1. The van der Waals surface area contributed by atoms with Crippen LogP contribution in [-0.2, 0) is 24.1 Å². The largest absolute Gasteiger partial charge is 0.507 e. The van der Waals surface area contributed by atoms with E-state index >= 15 is 0 Å². The molecule has 0 atom stereocenters. The molecule has 22 heavy (non-hydrogen) atoms. The van der Waals surface area contributed by atoms with Crippen LogP contribution in [-0.4, -0.2) is 15.3 Å². The molecule has 2 aromatic rings. The zero-order chi connectivity index (χ0) is 16.1. The normalized spacial score (nSPS) is 14.2. The van der Waals surface area contributed by atoms with E-state index in [1.165, 1.54) is 0 Å². The van der Waals surface area contributed by atoms with E-state index < -0.39 is 28.9 Å². The van der Waals surface area contributed by atoms with Crippen LogP contribution in [0.4, 0.5) is 23.4 Å². The van der Waals surface area contributed by atoms with Crippen molar-refractivity contribution in [3.8, 4) is 17.0 Å². The summed E-state index contributed by atoms with van der Waals surface area (Å²) in [5.74, 6) is -2.02. The lowest BCUT2D eigenvalue weighted by atomic mass is 10.0. The Balaban J connectivity index is 2.21. The Morgan fingerprint density at radius 2 is 1.82 bits per heavy atom. The zero-order valence-corrected chi connectivity index (χ0v) is 10.9. The van der Waals surface area contributed by atoms with Gasteiger partial charge in [-0.3, -0.25) is 0 Å². The van der Waals surface area contributed by atoms with Crippen LogP contribution < -0.4 is 5.73 Å². The maximum absolute atomic E-state index is 14.1. The van der Waals surface area contributed by atoms with E-state index in [0.717, 1.165) is 0 Å². The van der Waals surface area contributed by atoms with Crippen LogP contribution in [0.2, 0.25) is 0 Å². The number of hydrogen-bond acceptors (Lipinski definition) is 5. The molecule has 1 aromatic heterocycles. The second-order valence-corrected chi connectivity index (χ2v) is 4.73. The summed E-state index contributed by atoms with van der Waals surface area (Å²) in [7, 11) is 0. The van der Waals surface area contributed by atoms with Gasteiger partial charge < -0.3 is 15.6 Å². The molecule has 116 valence electrons. The fraction of sp³-hybridized carbons (Fsp3) is 0.231. The van der Waals surface area contributed by atoms with Crippen molar-refractivity contribution in [3.05, 3.63) is 34.6 Å². The molecule has 0 radical (unpaired) electrons. The van der Waals surface area contributed by atoms with Gasteiger partial charge in [0.15, 0.2) is 5.82 Å². The zero-order valence-electron chi connectivity index (χ0n) is 10.9. The lowest BCUT2D eigenvalue weighted by Gasteiger charge is -2.13. The first kappa shape index (κ1) is 14.5. The summed E-state index contributed by atoms with van der Waals surface area (Å²) >= 11 is 0. The first-order valence-corrected chi connectivity index (χ1v) is 6.10. The SMILES string of the molecule is Nc1nnc(-c2c(O)cc(C(F)(F)F)cc2F)c2c1COC2. The van der Waals surface area contributed by atoms with E-state index in [-0.39, 0.29) is 24.7 Å². The number of benzene rings is 1. The van der Waals surface area contributed by atoms with Gasteiger partial charge in [0.2, 0.25) is 0 Å². The molecule has 1 aliphatic heterocycles. The Morgan fingerprint density at radius 1 is 1.14 bits per heavy atom. The molecule has 0 bridgehead atoms. The quantitative estimate of drug-likeness (QED) is 0.791. The number of phenolic OH excluding ortho intramolecular Hbond substituents is 1. The highest BCUT2D eigenvalue weighted by molar-refractivity contribution is 5.73. The number of rotatable bonds is 1. The minimum Gasteiger partial charge on any atom is -0.507 e. The lowest BCUT2D eigenvalue weighted by molar-refractivity contribution is -0.137. The maximum atomic E-state index is 14.1. The fourth-order valence-corrected chi connectivity index (χ4v) is 2.28. The summed E-state index contributed by atoms with van der Waals surface area (Å²) in [5.41, 5.74) is 4.69. The number of fused-ring (bicyclic) bond motifs is 1. The van der Waals surface area contributed by atoms with Crippen LogP contribution >= 0.6 is 0 Å². The van der Waals surface area contributed by atoms with Crippen LogP contribution in [0.15, 0.2) is 12.1 Å². The van der Waals surface area contributed by atoms with Gasteiger partial charge in [0.25, 0.3) is 0 Å². The van der Waals surface area contributed by atoms with Gasteiger partial charge in [-0.2, -0.15) is 13.2 Å². The Bertz CT molecular complexity index is 739. The number of halogens is 4. The van der Waals surface area contributed by atoms with Crippen LogP contribution in [0.3, 0.4) is 0 Å². The number of hydrogen-bond donors (Lipinski definition) is 2. The minimum atomic E-state index is -4.77. The van der Waals surface area contributed by atoms with Crippen molar-refractivity contribution in [2.45, 2.75) is 19.4 Å². The van der Waals surface area contributed by atoms with Gasteiger partial charge in [0, 0.05) is 11.1 Å². The third-order valence-electron chi connectivity index (χ3n) is 3.34. The second kappa shape index (κ2) is 4.80. The molecule has 0 saturated carbocycles. The number of ether oxygens (including phenoxy) is 1. The average Bonchev–Trinajstić information content (AvgIpc) is 2.89. The monoisotopic (exact) mass is 315 g/mol. The Morgan fingerprint density at radius 3 is 2.45 bits per heavy atom. The van der Waals surface area contributed by atoms with Gasteiger partial charge in [-0.1, -0.05) is 0 Å². The van der Waals surface area contributed by atoms with E-state index in [0.29, 0.717) is 23.3 Å². The number of nitrogens with zero attached hydrogens (tertiary/aromatic N) is 2. The van der Waals surface area contributed by atoms with Crippen molar-refractivity contribution in [3.63, 3.8) is 0 Å². The van der Waals surface area contributed by atoms with Crippen LogP contribution in [0.5, 0.6) is 5.75 Å². The molecule has 9 heteroatoms. The number of nitrogen functional groups attached to an aromatic ring is 1. The molecule has 2 heterocycles. The van der Waals surface area contributed by atoms with Crippen LogP contribution in [0, 0.1) is 5.82 Å². The molecule has 0 unspecified atom stereocenters. The first-order chi connectivity index (χ1) is 10.3.